The van der Waals surface area contributed by atoms with Crippen molar-refractivity contribution in [2.24, 2.45) is 0 Å². The van der Waals surface area contributed by atoms with Crippen molar-refractivity contribution in [1.82, 2.24) is 4.90 Å². The number of benzene rings is 2. The molecular weight excluding hydrogens is 386 g/mol. The summed E-state index contributed by atoms with van der Waals surface area (Å²) in [6.45, 7) is 2.14. The van der Waals surface area contributed by atoms with E-state index in [-0.39, 0.29) is 4.08 Å². The van der Waals surface area contributed by atoms with Crippen LogP contribution in [0.5, 0.6) is 11.5 Å². The summed E-state index contributed by atoms with van der Waals surface area (Å²) >= 11 is 4.27. The van der Waals surface area contributed by atoms with Crippen LogP contribution in [0.4, 0.5) is 0 Å². The molecule has 0 bridgehead atoms. The minimum absolute atomic E-state index is 0.205. The Bertz CT molecular complexity index is 733. The lowest BCUT2D eigenvalue weighted by Crippen LogP contribution is -2.30. The third-order valence-electron chi connectivity index (χ3n) is 5.23. The lowest BCUT2D eigenvalue weighted by molar-refractivity contribution is 0.328. The van der Waals surface area contributed by atoms with Crippen LogP contribution in [0.3, 0.4) is 0 Å². The van der Waals surface area contributed by atoms with Crippen LogP contribution in [0.1, 0.15) is 24.0 Å². The average Bonchev–Trinajstić information content (AvgIpc) is 2.77. The Labute approximate surface area is 178 Å². The van der Waals surface area contributed by atoms with E-state index in [1.165, 1.54) is 35.5 Å². The van der Waals surface area contributed by atoms with Crippen LogP contribution in [0, 0.1) is 0 Å². The van der Waals surface area contributed by atoms with Crippen molar-refractivity contribution in [1.29, 1.82) is 0 Å². The summed E-state index contributed by atoms with van der Waals surface area (Å²) in [5.41, 5.74) is 2.75. The third-order valence-corrected chi connectivity index (χ3v) is 8.73. The zero-order chi connectivity index (χ0) is 19.8. The van der Waals surface area contributed by atoms with Crippen LogP contribution in [0.25, 0.3) is 0 Å². The van der Waals surface area contributed by atoms with E-state index in [9.17, 15) is 0 Å². The number of thioether (sulfide) groups is 2. The second-order valence-corrected chi connectivity index (χ2v) is 10.2. The maximum atomic E-state index is 5.43. The first-order valence-electron chi connectivity index (χ1n) is 9.90. The zero-order valence-corrected chi connectivity index (χ0v) is 18.8. The summed E-state index contributed by atoms with van der Waals surface area (Å²) in [6, 6.07) is 17.3. The summed E-state index contributed by atoms with van der Waals surface area (Å²) in [5.74, 6) is 4.12. The number of rotatable bonds is 9. The Morgan fingerprint density at radius 1 is 0.929 bits per heavy atom. The molecule has 0 amide bonds. The van der Waals surface area contributed by atoms with Crippen molar-refractivity contribution in [3.63, 3.8) is 0 Å². The van der Waals surface area contributed by atoms with E-state index >= 15 is 0 Å². The molecule has 0 saturated carbocycles. The molecule has 0 atom stereocenters. The molecule has 3 rings (SSSR count). The SMILES string of the molecule is COc1ccc(CCN(C)CCC2(c3ccccc3)SCCCS2)cc1OC. The van der Waals surface area contributed by atoms with Gasteiger partial charge < -0.3 is 14.4 Å². The summed E-state index contributed by atoms with van der Waals surface area (Å²) < 4.78 is 11.0. The highest BCUT2D eigenvalue weighted by Crippen LogP contribution is 2.52. The standard InChI is InChI=1S/C23H31NO2S2/c1-24(14-12-19-10-11-21(25-2)22(18-19)26-3)15-13-23(27-16-7-17-28-23)20-8-5-4-6-9-20/h4-6,8-11,18H,7,12-17H2,1-3H3. The van der Waals surface area contributed by atoms with Crippen molar-refractivity contribution in [2.75, 3.05) is 45.9 Å². The van der Waals surface area contributed by atoms with Gasteiger partial charge in [-0.15, -0.1) is 23.5 Å². The minimum Gasteiger partial charge on any atom is -0.493 e. The zero-order valence-electron chi connectivity index (χ0n) is 17.1. The fraction of sp³-hybridized carbons (Fsp3) is 0.478. The maximum Gasteiger partial charge on any atom is 0.160 e. The Morgan fingerprint density at radius 2 is 1.64 bits per heavy atom. The molecule has 2 aromatic rings. The highest BCUT2D eigenvalue weighted by Gasteiger charge is 2.35. The first kappa shape index (κ1) is 21.4. The molecule has 1 saturated heterocycles. The summed E-state index contributed by atoms with van der Waals surface area (Å²) in [5, 5.41) is 0. The van der Waals surface area contributed by atoms with E-state index in [0.717, 1.165) is 31.0 Å². The van der Waals surface area contributed by atoms with E-state index < -0.39 is 0 Å². The van der Waals surface area contributed by atoms with Gasteiger partial charge in [0.2, 0.25) is 0 Å². The lowest BCUT2D eigenvalue weighted by Gasteiger charge is -2.37. The second kappa shape index (κ2) is 10.5. The number of methoxy groups -OCH3 is 2. The second-order valence-electron chi connectivity index (χ2n) is 7.16. The van der Waals surface area contributed by atoms with Gasteiger partial charge in [0.05, 0.1) is 18.3 Å². The predicted molar refractivity (Wildman–Crippen MR) is 123 cm³/mol. The van der Waals surface area contributed by atoms with Gasteiger partial charge in [-0.25, -0.2) is 0 Å². The van der Waals surface area contributed by atoms with Gasteiger partial charge >= 0.3 is 0 Å². The van der Waals surface area contributed by atoms with Gasteiger partial charge in [0, 0.05) is 13.1 Å². The van der Waals surface area contributed by atoms with E-state index in [1.54, 1.807) is 14.2 Å². The highest BCUT2D eigenvalue weighted by molar-refractivity contribution is 8.18. The van der Waals surface area contributed by atoms with E-state index in [1.807, 2.05) is 6.07 Å². The van der Waals surface area contributed by atoms with Gasteiger partial charge in [0.1, 0.15) is 0 Å². The van der Waals surface area contributed by atoms with Crippen LogP contribution in [-0.2, 0) is 10.5 Å². The van der Waals surface area contributed by atoms with Crippen molar-refractivity contribution >= 4 is 23.5 Å². The van der Waals surface area contributed by atoms with E-state index in [0.29, 0.717) is 0 Å². The first-order valence-corrected chi connectivity index (χ1v) is 11.9. The number of hydrogen-bond donors (Lipinski definition) is 0. The van der Waals surface area contributed by atoms with Gasteiger partial charge in [0.25, 0.3) is 0 Å². The number of nitrogens with zero attached hydrogens (tertiary/aromatic N) is 1. The minimum atomic E-state index is 0.205. The maximum absolute atomic E-state index is 5.43. The molecule has 0 spiro atoms. The predicted octanol–water partition coefficient (Wildman–Crippen LogP) is 5.29. The van der Waals surface area contributed by atoms with Gasteiger partial charge in [0.15, 0.2) is 11.5 Å². The smallest absolute Gasteiger partial charge is 0.160 e. The summed E-state index contributed by atoms with van der Waals surface area (Å²) in [6.07, 6.45) is 3.50. The van der Waals surface area contributed by atoms with Crippen LogP contribution in [0.15, 0.2) is 48.5 Å². The normalized spacial score (nSPS) is 16.1. The van der Waals surface area contributed by atoms with Crippen molar-refractivity contribution in [3.05, 3.63) is 59.7 Å². The Kier molecular flexibility index (Phi) is 8.00. The molecule has 0 aliphatic carbocycles. The number of hydrogen-bond acceptors (Lipinski definition) is 5. The van der Waals surface area contributed by atoms with Gasteiger partial charge in [-0.2, -0.15) is 0 Å². The van der Waals surface area contributed by atoms with Crippen molar-refractivity contribution < 1.29 is 9.47 Å². The number of ether oxygens (including phenoxy) is 2. The van der Waals surface area contributed by atoms with Crippen LogP contribution >= 0.6 is 23.5 Å². The molecule has 1 aliphatic heterocycles. The molecule has 2 aromatic carbocycles. The Balaban J connectivity index is 1.57. The molecule has 28 heavy (non-hydrogen) atoms. The summed E-state index contributed by atoms with van der Waals surface area (Å²) in [7, 11) is 5.60. The lowest BCUT2D eigenvalue weighted by atomic mass is 10.1. The van der Waals surface area contributed by atoms with Crippen molar-refractivity contribution in [3.8, 4) is 11.5 Å². The van der Waals surface area contributed by atoms with Crippen LogP contribution < -0.4 is 9.47 Å². The van der Waals surface area contributed by atoms with E-state index in [2.05, 4.69) is 77.9 Å². The Hall–Kier alpha value is -1.30. The molecule has 3 nitrogen and oxygen atoms in total. The fourth-order valence-corrected chi connectivity index (χ4v) is 6.86. The van der Waals surface area contributed by atoms with Gasteiger partial charge in [-0.05, 0) is 61.1 Å². The van der Waals surface area contributed by atoms with Crippen molar-refractivity contribution in [2.45, 2.75) is 23.3 Å². The van der Waals surface area contributed by atoms with Crippen LogP contribution in [0.2, 0.25) is 0 Å². The quantitative estimate of drug-likeness (QED) is 0.551. The molecule has 0 unspecified atom stereocenters. The molecule has 5 heteroatoms. The molecule has 0 aromatic heterocycles. The highest BCUT2D eigenvalue weighted by atomic mass is 32.2. The summed E-state index contributed by atoms with van der Waals surface area (Å²) in [4.78, 5) is 2.46. The largest absolute Gasteiger partial charge is 0.493 e. The van der Waals surface area contributed by atoms with E-state index in [4.69, 9.17) is 9.47 Å². The molecule has 1 fully saturated rings. The van der Waals surface area contributed by atoms with Crippen LogP contribution in [-0.4, -0.2) is 50.8 Å². The molecule has 1 heterocycles. The molecule has 0 radical (unpaired) electrons. The topological polar surface area (TPSA) is 21.7 Å². The monoisotopic (exact) mass is 417 g/mol. The molecule has 1 aliphatic rings. The van der Waals surface area contributed by atoms with Gasteiger partial charge in [-0.3, -0.25) is 0 Å². The Morgan fingerprint density at radius 3 is 2.32 bits per heavy atom. The fourth-order valence-electron chi connectivity index (χ4n) is 3.53. The van der Waals surface area contributed by atoms with Gasteiger partial charge in [-0.1, -0.05) is 36.4 Å². The molecular formula is C23H31NO2S2. The first-order chi connectivity index (χ1) is 13.7. The molecule has 0 N–H and O–H groups in total. The number of likely N-dealkylation sites (N-methyl/N-ethyl adjacent to an activating group) is 1. The molecule has 152 valence electrons. The average molecular weight is 418 g/mol. The third kappa shape index (κ3) is 5.40.